The Bertz CT molecular complexity index is 687. The van der Waals surface area contributed by atoms with Crippen LogP contribution in [0.15, 0.2) is 18.2 Å². The first-order valence-electron chi connectivity index (χ1n) is 7.92. The first kappa shape index (κ1) is 18.9. The van der Waals surface area contributed by atoms with Gasteiger partial charge in [-0.15, -0.1) is 0 Å². The summed E-state index contributed by atoms with van der Waals surface area (Å²) in [7, 11) is 4.75. The van der Waals surface area contributed by atoms with Gasteiger partial charge in [0, 0.05) is 19.2 Å². The van der Waals surface area contributed by atoms with Gasteiger partial charge in [0.1, 0.15) is 11.0 Å². The number of methoxy groups -OCH3 is 3. The molecule has 7 nitrogen and oxygen atoms in total. The number of nitrogens with one attached hydrogen (secondary N) is 2. The molecule has 1 aromatic carbocycles. The SMILES string of the molecule is CCCNc1nc(Cl)cc(NCc2cc(OC)c(OC)c(OC)c2)n1. The third-order valence-corrected chi connectivity index (χ3v) is 3.62. The maximum atomic E-state index is 6.06. The van der Waals surface area contributed by atoms with Gasteiger partial charge in [-0.25, -0.2) is 4.98 Å². The van der Waals surface area contributed by atoms with Crippen molar-refractivity contribution in [2.24, 2.45) is 0 Å². The Morgan fingerprint density at radius 3 is 2.20 bits per heavy atom. The van der Waals surface area contributed by atoms with Crippen LogP contribution in [0.2, 0.25) is 5.15 Å². The van der Waals surface area contributed by atoms with E-state index in [2.05, 4.69) is 27.5 Å². The van der Waals surface area contributed by atoms with Gasteiger partial charge >= 0.3 is 0 Å². The van der Waals surface area contributed by atoms with Crippen molar-refractivity contribution in [2.75, 3.05) is 38.5 Å². The molecule has 0 fully saturated rings. The lowest BCUT2D eigenvalue weighted by Gasteiger charge is -2.15. The summed E-state index contributed by atoms with van der Waals surface area (Å²) in [5, 5.41) is 6.73. The van der Waals surface area contributed by atoms with E-state index in [4.69, 9.17) is 25.8 Å². The Labute approximate surface area is 152 Å². The Morgan fingerprint density at radius 2 is 1.64 bits per heavy atom. The molecular weight excluding hydrogens is 344 g/mol. The van der Waals surface area contributed by atoms with Crippen molar-refractivity contribution in [3.05, 3.63) is 28.9 Å². The number of benzene rings is 1. The van der Waals surface area contributed by atoms with Crippen LogP contribution in [0.4, 0.5) is 11.8 Å². The summed E-state index contributed by atoms with van der Waals surface area (Å²) in [4.78, 5) is 8.55. The first-order valence-corrected chi connectivity index (χ1v) is 8.30. The number of ether oxygens (including phenoxy) is 3. The van der Waals surface area contributed by atoms with E-state index in [1.165, 1.54) is 0 Å². The van der Waals surface area contributed by atoms with Gasteiger partial charge in [-0.2, -0.15) is 4.98 Å². The standard InChI is InChI=1S/C17H23ClN4O3/c1-5-6-19-17-21-14(18)9-15(22-17)20-10-11-7-12(23-2)16(25-4)13(8-11)24-3/h7-9H,5-6,10H2,1-4H3,(H2,19,20,21,22). The molecule has 1 heterocycles. The van der Waals surface area contributed by atoms with Crippen LogP contribution in [0.25, 0.3) is 0 Å². The minimum atomic E-state index is 0.376. The summed E-state index contributed by atoms with van der Waals surface area (Å²) in [5.74, 6) is 2.90. The molecule has 0 spiro atoms. The number of rotatable bonds is 9. The van der Waals surface area contributed by atoms with Gasteiger partial charge in [-0.3, -0.25) is 0 Å². The predicted octanol–water partition coefficient (Wildman–Crippen LogP) is 3.59. The van der Waals surface area contributed by atoms with Crippen molar-refractivity contribution in [2.45, 2.75) is 19.9 Å². The van der Waals surface area contributed by atoms with Crippen LogP contribution in [-0.4, -0.2) is 37.8 Å². The van der Waals surface area contributed by atoms with E-state index in [-0.39, 0.29) is 0 Å². The molecular formula is C17H23ClN4O3. The molecule has 8 heteroatoms. The van der Waals surface area contributed by atoms with Crippen LogP contribution >= 0.6 is 11.6 Å². The minimum absolute atomic E-state index is 0.376. The van der Waals surface area contributed by atoms with Gasteiger partial charge in [0.05, 0.1) is 21.3 Å². The van der Waals surface area contributed by atoms with Crippen molar-refractivity contribution in [1.82, 2.24) is 9.97 Å². The quantitative estimate of drug-likeness (QED) is 0.656. The highest BCUT2D eigenvalue weighted by atomic mass is 35.5. The highest BCUT2D eigenvalue weighted by Crippen LogP contribution is 2.38. The molecule has 0 bridgehead atoms. The van der Waals surface area contributed by atoms with E-state index >= 15 is 0 Å². The van der Waals surface area contributed by atoms with Crippen LogP contribution in [0.1, 0.15) is 18.9 Å². The maximum Gasteiger partial charge on any atom is 0.226 e. The summed E-state index contributed by atoms with van der Waals surface area (Å²) in [6, 6.07) is 5.44. The van der Waals surface area contributed by atoms with E-state index in [1.807, 2.05) is 12.1 Å². The zero-order valence-corrected chi connectivity index (χ0v) is 15.6. The zero-order chi connectivity index (χ0) is 18.2. The molecule has 2 rings (SSSR count). The van der Waals surface area contributed by atoms with E-state index in [1.54, 1.807) is 27.4 Å². The third kappa shape index (κ3) is 5.03. The topological polar surface area (TPSA) is 77.5 Å². The average molecular weight is 367 g/mol. The zero-order valence-electron chi connectivity index (χ0n) is 14.9. The van der Waals surface area contributed by atoms with E-state index in [0.29, 0.717) is 40.7 Å². The highest BCUT2D eigenvalue weighted by molar-refractivity contribution is 6.29. The maximum absolute atomic E-state index is 6.06. The molecule has 2 aromatic rings. The third-order valence-electron chi connectivity index (χ3n) is 3.43. The van der Waals surface area contributed by atoms with Crippen LogP contribution in [-0.2, 0) is 6.54 Å². The van der Waals surface area contributed by atoms with Crippen LogP contribution in [0.3, 0.4) is 0 Å². The molecule has 25 heavy (non-hydrogen) atoms. The summed E-state index contributed by atoms with van der Waals surface area (Å²) in [5.41, 5.74) is 0.951. The predicted molar refractivity (Wildman–Crippen MR) is 99.2 cm³/mol. The molecule has 0 atom stereocenters. The summed E-state index contributed by atoms with van der Waals surface area (Å²) < 4.78 is 16.1. The summed E-state index contributed by atoms with van der Waals surface area (Å²) in [6.45, 7) is 3.37. The normalized spacial score (nSPS) is 10.3. The summed E-state index contributed by atoms with van der Waals surface area (Å²) in [6.07, 6.45) is 0.976. The number of anilines is 2. The van der Waals surface area contributed by atoms with Crippen LogP contribution in [0.5, 0.6) is 17.2 Å². The fourth-order valence-corrected chi connectivity index (χ4v) is 2.44. The fourth-order valence-electron chi connectivity index (χ4n) is 2.25. The molecule has 0 aliphatic rings. The van der Waals surface area contributed by atoms with E-state index in [9.17, 15) is 0 Å². The van der Waals surface area contributed by atoms with Crippen LogP contribution in [0, 0.1) is 0 Å². The smallest absolute Gasteiger partial charge is 0.226 e. The number of hydrogen-bond donors (Lipinski definition) is 2. The molecule has 2 N–H and O–H groups in total. The largest absolute Gasteiger partial charge is 0.493 e. The first-order chi connectivity index (χ1) is 12.1. The number of halogens is 1. The average Bonchev–Trinajstić information content (AvgIpc) is 2.63. The second kappa shape index (κ2) is 9.17. The Morgan fingerprint density at radius 1 is 0.960 bits per heavy atom. The minimum Gasteiger partial charge on any atom is -0.493 e. The second-order valence-corrected chi connectivity index (χ2v) is 5.60. The van der Waals surface area contributed by atoms with E-state index < -0.39 is 0 Å². The highest BCUT2D eigenvalue weighted by Gasteiger charge is 2.13. The van der Waals surface area contributed by atoms with Crippen LogP contribution < -0.4 is 24.8 Å². The van der Waals surface area contributed by atoms with E-state index in [0.717, 1.165) is 18.5 Å². The molecule has 0 aliphatic heterocycles. The molecule has 0 unspecified atom stereocenters. The van der Waals surface area contributed by atoms with Gasteiger partial charge in [-0.1, -0.05) is 18.5 Å². The molecule has 0 radical (unpaired) electrons. The lowest BCUT2D eigenvalue weighted by Crippen LogP contribution is -2.08. The van der Waals surface area contributed by atoms with Gasteiger partial charge in [0.2, 0.25) is 11.7 Å². The molecule has 0 saturated carbocycles. The number of nitrogens with zero attached hydrogens (tertiary/aromatic N) is 2. The Kier molecular flexibility index (Phi) is 6.94. The van der Waals surface area contributed by atoms with Gasteiger partial charge in [0.15, 0.2) is 11.5 Å². The fraction of sp³-hybridized carbons (Fsp3) is 0.412. The van der Waals surface area contributed by atoms with Gasteiger partial charge in [-0.05, 0) is 24.1 Å². The number of aromatic nitrogens is 2. The Balaban J connectivity index is 2.17. The van der Waals surface area contributed by atoms with Crippen molar-refractivity contribution in [3.63, 3.8) is 0 Å². The van der Waals surface area contributed by atoms with Crippen molar-refractivity contribution in [1.29, 1.82) is 0 Å². The lowest BCUT2D eigenvalue weighted by atomic mass is 10.1. The molecule has 0 aliphatic carbocycles. The Hall–Kier alpha value is -2.41. The van der Waals surface area contributed by atoms with Gasteiger partial charge in [0.25, 0.3) is 0 Å². The number of hydrogen-bond acceptors (Lipinski definition) is 7. The van der Waals surface area contributed by atoms with Crippen molar-refractivity contribution >= 4 is 23.4 Å². The van der Waals surface area contributed by atoms with Crippen molar-refractivity contribution in [3.8, 4) is 17.2 Å². The lowest BCUT2D eigenvalue weighted by molar-refractivity contribution is 0.324. The van der Waals surface area contributed by atoms with Crippen molar-refractivity contribution < 1.29 is 14.2 Å². The molecule has 0 amide bonds. The summed E-state index contributed by atoms with van der Waals surface area (Å²) >= 11 is 6.06. The molecule has 0 saturated heterocycles. The second-order valence-electron chi connectivity index (χ2n) is 5.21. The molecule has 1 aromatic heterocycles. The molecule has 136 valence electrons. The van der Waals surface area contributed by atoms with Gasteiger partial charge < -0.3 is 24.8 Å². The monoisotopic (exact) mass is 366 g/mol.